The van der Waals surface area contributed by atoms with Gasteiger partial charge in [0.05, 0.1) is 6.10 Å². The Balaban J connectivity index is 2.27. The van der Waals surface area contributed by atoms with Gasteiger partial charge < -0.3 is 15.0 Å². The van der Waals surface area contributed by atoms with Gasteiger partial charge in [-0.2, -0.15) is 18.2 Å². The maximum atomic E-state index is 12.9. The number of aromatic nitrogens is 2. The molecule has 1 aliphatic heterocycles. The number of nitrogens with zero attached hydrogens (tertiary/aromatic N) is 3. The topological polar surface area (TPSA) is 50.3 Å². The Bertz CT molecular complexity index is 481. The molecule has 0 saturated carbocycles. The first-order valence-corrected chi connectivity index (χ1v) is 6.92. The Hall–Kier alpha value is -1.57. The van der Waals surface area contributed by atoms with Crippen molar-refractivity contribution in [2.75, 3.05) is 37.0 Å². The molecule has 1 aliphatic rings. The van der Waals surface area contributed by atoms with E-state index in [9.17, 15) is 13.2 Å². The summed E-state index contributed by atoms with van der Waals surface area (Å²) in [6.45, 7) is 3.62. The van der Waals surface area contributed by atoms with Crippen LogP contribution in [0.3, 0.4) is 0 Å². The highest BCUT2D eigenvalue weighted by Gasteiger charge is 2.35. The van der Waals surface area contributed by atoms with Gasteiger partial charge in [0.1, 0.15) is 5.82 Å². The third-order valence-electron chi connectivity index (χ3n) is 3.34. The zero-order valence-electron chi connectivity index (χ0n) is 12.1. The van der Waals surface area contributed by atoms with Crippen LogP contribution in [0.2, 0.25) is 0 Å². The van der Waals surface area contributed by atoms with Gasteiger partial charge in [0.2, 0.25) is 5.95 Å². The van der Waals surface area contributed by atoms with Crippen LogP contribution in [0.4, 0.5) is 24.9 Å². The summed E-state index contributed by atoms with van der Waals surface area (Å²) in [7, 11) is 1.60. The van der Waals surface area contributed by atoms with Crippen LogP contribution in [0.1, 0.15) is 25.5 Å². The van der Waals surface area contributed by atoms with Crippen molar-refractivity contribution in [3.8, 4) is 0 Å². The van der Waals surface area contributed by atoms with Crippen molar-refractivity contribution in [1.29, 1.82) is 0 Å². The van der Waals surface area contributed by atoms with Crippen LogP contribution in [0.5, 0.6) is 0 Å². The number of alkyl halides is 3. The molecule has 1 saturated heterocycles. The van der Waals surface area contributed by atoms with E-state index < -0.39 is 11.9 Å². The number of methoxy groups -OCH3 is 1. The average molecular weight is 304 g/mol. The molecule has 0 bridgehead atoms. The van der Waals surface area contributed by atoms with Crippen molar-refractivity contribution < 1.29 is 17.9 Å². The van der Waals surface area contributed by atoms with E-state index in [4.69, 9.17) is 4.74 Å². The molecule has 2 heterocycles. The number of ether oxygens (including phenoxy) is 1. The Morgan fingerprint density at radius 3 is 2.76 bits per heavy atom. The lowest BCUT2D eigenvalue weighted by Crippen LogP contribution is -2.25. The van der Waals surface area contributed by atoms with E-state index in [1.807, 2.05) is 6.92 Å². The molecular weight excluding hydrogens is 285 g/mol. The molecule has 0 amide bonds. The van der Waals surface area contributed by atoms with Crippen molar-refractivity contribution in [2.24, 2.45) is 0 Å². The highest BCUT2D eigenvalue weighted by Crippen LogP contribution is 2.31. The number of nitrogens with one attached hydrogen (secondary N) is 1. The quantitative estimate of drug-likeness (QED) is 0.906. The predicted molar refractivity (Wildman–Crippen MR) is 73.4 cm³/mol. The molecule has 2 rings (SSSR count). The maximum absolute atomic E-state index is 12.9. The monoisotopic (exact) mass is 304 g/mol. The molecule has 0 radical (unpaired) electrons. The second kappa shape index (κ2) is 6.46. The van der Waals surface area contributed by atoms with E-state index in [-0.39, 0.29) is 17.9 Å². The zero-order valence-corrected chi connectivity index (χ0v) is 12.1. The Labute approximate surface area is 121 Å². The predicted octanol–water partition coefficient (Wildman–Crippen LogP) is 2.54. The van der Waals surface area contributed by atoms with E-state index in [1.54, 1.807) is 12.0 Å². The first-order chi connectivity index (χ1) is 9.94. The fourth-order valence-corrected chi connectivity index (χ4v) is 2.19. The molecule has 1 fully saturated rings. The van der Waals surface area contributed by atoms with Crippen molar-refractivity contribution >= 4 is 11.8 Å². The number of hydrogen-bond acceptors (Lipinski definition) is 5. The highest BCUT2D eigenvalue weighted by atomic mass is 19.4. The molecule has 118 valence electrons. The molecule has 0 aliphatic carbocycles. The molecule has 1 aromatic rings. The van der Waals surface area contributed by atoms with Crippen LogP contribution < -0.4 is 10.2 Å². The normalized spacial score (nSPS) is 19.1. The van der Waals surface area contributed by atoms with Gasteiger partial charge in [-0.15, -0.1) is 0 Å². The molecule has 1 aromatic heterocycles. The summed E-state index contributed by atoms with van der Waals surface area (Å²) in [4.78, 5) is 9.52. The van der Waals surface area contributed by atoms with Crippen LogP contribution in [-0.2, 0) is 10.9 Å². The lowest BCUT2D eigenvalue weighted by Gasteiger charge is -2.19. The summed E-state index contributed by atoms with van der Waals surface area (Å²) < 4.78 is 44.0. The van der Waals surface area contributed by atoms with Crippen molar-refractivity contribution in [2.45, 2.75) is 32.0 Å². The number of hydrogen-bond donors (Lipinski definition) is 1. The molecular formula is C13H19F3N4O. The Morgan fingerprint density at radius 2 is 2.19 bits per heavy atom. The molecule has 8 heteroatoms. The molecule has 1 N–H and O–H groups in total. The van der Waals surface area contributed by atoms with E-state index in [2.05, 4.69) is 15.3 Å². The van der Waals surface area contributed by atoms with Gasteiger partial charge in [-0.05, 0) is 12.8 Å². The smallest absolute Gasteiger partial charge is 0.380 e. The summed E-state index contributed by atoms with van der Waals surface area (Å²) in [6, 6.07) is 0.995. The van der Waals surface area contributed by atoms with Gasteiger partial charge in [-0.25, -0.2) is 4.98 Å². The van der Waals surface area contributed by atoms with Crippen molar-refractivity contribution in [3.63, 3.8) is 0 Å². The molecule has 21 heavy (non-hydrogen) atoms. The average Bonchev–Trinajstić information content (AvgIpc) is 2.93. The third kappa shape index (κ3) is 3.96. The largest absolute Gasteiger partial charge is 0.433 e. The van der Waals surface area contributed by atoms with E-state index in [1.165, 1.54) is 0 Å². The number of rotatable bonds is 5. The van der Waals surface area contributed by atoms with Gasteiger partial charge in [0, 0.05) is 32.8 Å². The van der Waals surface area contributed by atoms with E-state index in [0.29, 0.717) is 19.6 Å². The van der Waals surface area contributed by atoms with Crippen LogP contribution in [-0.4, -0.2) is 42.8 Å². The van der Waals surface area contributed by atoms with Crippen LogP contribution in [0, 0.1) is 0 Å². The van der Waals surface area contributed by atoms with Crippen LogP contribution in [0.15, 0.2) is 6.07 Å². The fraction of sp³-hybridized carbons (Fsp3) is 0.692. The van der Waals surface area contributed by atoms with Gasteiger partial charge in [0.25, 0.3) is 0 Å². The fourth-order valence-electron chi connectivity index (χ4n) is 2.19. The molecule has 0 spiro atoms. The minimum absolute atomic E-state index is 0.0162. The lowest BCUT2D eigenvalue weighted by atomic mass is 10.3. The van der Waals surface area contributed by atoms with Gasteiger partial charge >= 0.3 is 6.18 Å². The lowest BCUT2D eigenvalue weighted by molar-refractivity contribution is -0.141. The molecule has 1 unspecified atom stereocenters. The standard InChI is InChI=1S/C13H19F3N4O/c1-3-5-17-12-18-10(13(14,15)16)7-11(19-12)20-6-4-9(8-20)21-2/h7,9H,3-6,8H2,1-2H3,(H,17,18,19). The maximum Gasteiger partial charge on any atom is 0.433 e. The van der Waals surface area contributed by atoms with Gasteiger partial charge in [0.15, 0.2) is 5.69 Å². The van der Waals surface area contributed by atoms with Crippen molar-refractivity contribution in [3.05, 3.63) is 11.8 Å². The minimum Gasteiger partial charge on any atom is -0.380 e. The van der Waals surface area contributed by atoms with Crippen LogP contribution >= 0.6 is 0 Å². The number of halogens is 3. The minimum atomic E-state index is -4.49. The first kappa shape index (κ1) is 15.8. The zero-order chi connectivity index (χ0) is 15.5. The second-order valence-corrected chi connectivity index (χ2v) is 4.95. The third-order valence-corrected chi connectivity index (χ3v) is 3.34. The molecule has 0 aromatic carbocycles. The summed E-state index contributed by atoms with van der Waals surface area (Å²) in [5.74, 6) is 0.304. The SMILES string of the molecule is CCCNc1nc(N2CCC(OC)C2)cc(C(F)(F)F)n1. The van der Waals surface area contributed by atoms with E-state index in [0.717, 1.165) is 18.9 Å². The summed E-state index contributed by atoms with van der Waals surface area (Å²) in [5.41, 5.74) is -0.924. The van der Waals surface area contributed by atoms with Gasteiger partial charge in [-0.1, -0.05) is 6.92 Å². The van der Waals surface area contributed by atoms with Crippen molar-refractivity contribution in [1.82, 2.24) is 9.97 Å². The summed E-state index contributed by atoms with van der Waals surface area (Å²) >= 11 is 0. The van der Waals surface area contributed by atoms with Crippen LogP contribution in [0.25, 0.3) is 0 Å². The second-order valence-electron chi connectivity index (χ2n) is 4.95. The van der Waals surface area contributed by atoms with E-state index >= 15 is 0 Å². The highest BCUT2D eigenvalue weighted by molar-refractivity contribution is 5.46. The first-order valence-electron chi connectivity index (χ1n) is 6.92. The summed E-state index contributed by atoms with van der Waals surface area (Å²) in [6.07, 6.45) is -2.90. The Morgan fingerprint density at radius 1 is 1.43 bits per heavy atom. The Kier molecular flexibility index (Phi) is 4.87. The molecule has 5 nitrogen and oxygen atoms in total. The number of anilines is 2. The molecule has 1 atom stereocenters. The summed E-state index contributed by atoms with van der Waals surface area (Å²) in [5, 5.41) is 2.82. The van der Waals surface area contributed by atoms with Gasteiger partial charge in [-0.3, -0.25) is 0 Å².